The number of carbonyl (C=O) groups excluding carboxylic acids is 1. The maximum Gasteiger partial charge on any atom is 0.250 e. The summed E-state index contributed by atoms with van der Waals surface area (Å²) < 4.78 is 2.31. The first kappa shape index (κ1) is 25.1. The molecule has 0 aliphatic heterocycles. The van der Waals surface area contributed by atoms with Crippen LogP contribution in [0.1, 0.15) is 11.4 Å². The summed E-state index contributed by atoms with van der Waals surface area (Å²) in [5.74, 6) is 0.408. The molecule has 3 rings (SSSR count). The summed E-state index contributed by atoms with van der Waals surface area (Å²) >= 11 is 16.3. The molecule has 0 aliphatic carbocycles. The minimum atomic E-state index is -0.342. The molecule has 0 spiro atoms. The van der Waals surface area contributed by atoms with Crippen molar-refractivity contribution in [2.45, 2.75) is 18.2 Å². The molecule has 0 atom stereocenters. The number of hydrogen-bond donors (Lipinski definition) is 3. The molecule has 1 aromatic heterocycles. The van der Waals surface area contributed by atoms with Crippen molar-refractivity contribution in [2.24, 2.45) is 5.10 Å². The standard InChI is InChI=1S/C21H19BrCl2N6O2S/c1-2-7-30-18(11-25-16-5-3-14(23)4-6-16)27-29-21(30)33-12-19(31)28-26-10-13-8-15(24)9-17(22)20(13)32/h2-6,8-10,25,32H,1,7,11-12H2,(H,28,31). The van der Waals surface area contributed by atoms with E-state index in [1.165, 1.54) is 24.0 Å². The van der Waals surface area contributed by atoms with Crippen molar-refractivity contribution in [2.75, 3.05) is 11.1 Å². The summed E-state index contributed by atoms with van der Waals surface area (Å²) in [7, 11) is 0. The fourth-order valence-electron chi connectivity index (χ4n) is 2.64. The molecular formula is C21H19BrCl2N6O2S. The molecule has 0 saturated carbocycles. The van der Waals surface area contributed by atoms with E-state index in [9.17, 15) is 9.90 Å². The highest BCUT2D eigenvalue weighted by Crippen LogP contribution is 2.30. The number of anilines is 1. The summed E-state index contributed by atoms with van der Waals surface area (Å²) in [6, 6.07) is 10.4. The van der Waals surface area contributed by atoms with Gasteiger partial charge in [0, 0.05) is 27.8 Å². The van der Waals surface area contributed by atoms with Gasteiger partial charge in [-0.15, -0.1) is 16.8 Å². The van der Waals surface area contributed by atoms with Gasteiger partial charge in [0.2, 0.25) is 0 Å². The van der Waals surface area contributed by atoms with Crippen LogP contribution in [0.25, 0.3) is 0 Å². The number of thioether (sulfide) groups is 1. The van der Waals surface area contributed by atoms with Gasteiger partial charge >= 0.3 is 0 Å². The predicted molar refractivity (Wildman–Crippen MR) is 136 cm³/mol. The molecule has 33 heavy (non-hydrogen) atoms. The number of hydrogen-bond acceptors (Lipinski definition) is 7. The normalized spacial score (nSPS) is 11.0. The number of nitrogens with zero attached hydrogens (tertiary/aromatic N) is 4. The summed E-state index contributed by atoms with van der Waals surface area (Å²) in [6.45, 7) is 4.72. The van der Waals surface area contributed by atoms with Crippen molar-refractivity contribution in [3.63, 3.8) is 0 Å². The number of hydrazone groups is 1. The third-order valence-corrected chi connectivity index (χ3v) is 6.22. The smallest absolute Gasteiger partial charge is 0.250 e. The van der Waals surface area contributed by atoms with Crippen LogP contribution in [-0.4, -0.2) is 37.7 Å². The molecule has 0 radical (unpaired) electrons. The van der Waals surface area contributed by atoms with Gasteiger partial charge < -0.3 is 15.0 Å². The first-order valence-corrected chi connectivity index (χ1v) is 12.1. The second-order valence-corrected chi connectivity index (χ2v) is 9.24. The Bertz CT molecular complexity index is 1170. The Hall–Kier alpha value is -2.53. The lowest BCUT2D eigenvalue weighted by Crippen LogP contribution is -2.20. The van der Waals surface area contributed by atoms with E-state index >= 15 is 0 Å². The molecule has 0 unspecified atom stereocenters. The van der Waals surface area contributed by atoms with Crippen LogP contribution >= 0.6 is 50.9 Å². The molecule has 3 N–H and O–H groups in total. The molecule has 0 aliphatic rings. The van der Waals surface area contributed by atoms with E-state index < -0.39 is 0 Å². The van der Waals surface area contributed by atoms with E-state index in [2.05, 4.69) is 48.6 Å². The van der Waals surface area contributed by atoms with E-state index in [0.717, 1.165) is 5.69 Å². The zero-order valence-corrected chi connectivity index (χ0v) is 21.0. The zero-order chi connectivity index (χ0) is 23.8. The number of halogens is 3. The number of benzene rings is 2. The quantitative estimate of drug-likeness (QED) is 0.136. The van der Waals surface area contributed by atoms with Crippen LogP contribution in [0.3, 0.4) is 0 Å². The maximum atomic E-state index is 12.2. The number of amides is 1. The van der Waals surface area contributed by atoms with Crippen LogP contribution in [0.5, 0.6) is 5.75 Å². The van der Waals surface area contributed by atoms with Gasteiger partial charge in [-0.05, 0) is 52.3 Å². The van der Waals surface area contributed by atoms with Crippen molar-refractivity contribution >= 4 is 68.7 Å². The summed E-state index contributed by atoms with van der Waals surface area (Å²) in [6.07, 6.45) is 3.05. The Labute approximate surface area is 213 Å². The summed E-state index contributed by atoms with van der Waals surface area (Å²) in [4.78, 5) is 12.2. The molecule has 172 valence electrons. The fraction of sp³-hybridized carbons (Fsp3) is 0.143. The number of aromatic hydroxyl groups is 1. The van der Waals surface area contributed by atoms with Crippen molar-refractivity contribution < 1.29 is 9.90 Å². The first-order valence-electron chi connectivity index (χ1n) is 9.52. The Kier molecular flexibility index (Phi) is 9.19. The van der Waals surface area contributed by atoms with Crippen molar-refractivity contribution in [3.05, 3.63) is 75.0 Å². The molecular weight excluding hydrogens is 551 g/mol. The first-order chi connectivity index (χ1) is 15.9. The summed E-state index contributed by atoms with van der Waals surface area (Å²) in [5, 5.41) is 27.2. The number of allylic oxidation sites excluding steroid dienone is 1. The largest absolute Gasteiger partial charge is 0.506 e. The topological polar surface area (TPSA) is 104 Å². The van der Waals surface area contributed by atoms with Crippen LogP contribution < -0.4 is 10.7 Å². The van der Waals surface area contributed by atoms with Gasteiger partial charge in [-0.3, -0.25) is 4.79 Å². The second-order valence-electron chi connectivity index (χ2n) is 6.57. The second kappa shape index (κ2) is 12.1. The van der Waals surface area contributed by atoms with E-state index in [0.29, 0.717) is 44.2 Å². The van der Waals surface area contributed by atoms with Crippen LogP contribution in [0, 0.1) is 0 Å². The number of phenolic OH excluding ortho intramolecular Hbond substituents is 1. The lowest BCUT2D eigenvalue weighted by Gasteiger charge is -2.09. The third-order valence-electron chi connectivity index (χ3n) is 4.18. The van der Waals surface area contributed by atoms with Crippen molar-refractivity contribution in [1.82, 2.24) is 20.2 Å². The average molecular weight is 570 g/mol. The van der Waals surface area contributed by atoms with E-state index in [1.807, 2.05) is 16.7 Å². The van der Waals surface area contributed by atoms with E-state index in [-0.39, 0.29) is 17.4 Å². The van der Waals surface area contributed by atoms with Crippen LogP contribution in [0.2, 0.25) is 10.0 Å². The van der Waals surface area contributed by atoms with Crippen molar-refractivity contribution in [3.8, 4) is 5.75 Å². The minimum Gasteiger partial charge on any atom is -0.506 e. The SMILES string of the molecule is C=CCn1c(CNc2ccc(Cl)cc2)nnc1SCC(=O)NN=Cc1cc(Cl)cc(Br)c1O. The third kappa shape index (κ3) is 7.23. The maximum absolute atomic E-state index is 12.2. The molecule has 1 amide bonds. The Morgan fingerprint density at radius 1 is 1.24 bits per heavy atom. The molecule has 1 heterocycles. The van der Waals surface area contributed by atoms with Gasteiger partial charge in [0.1, 0.15) is 5.75 Å². The molecule has 8 nitrogen and oxygen atoms in total. The Morgan fingerprint density at radius 2 is 2.00 bits per heavy atom. The van der Waals surface area contributed by atoms with Crippen LogP contribution in [-0.2, 0) is 17.9 Å². The molecule has 2 aromatic carbocycles. The monoisotopic (exact) mass is 568 g/mol. The lowest BCUT2D eigenvalue weighted by atomic mass is 10.2. The van der Waals surface area contributed by atoms with E-state index in [4.69, 9.17) is 23.2 Å². The number of nitrogens with one attached hydrogen (secondary N) is 2. The summed E-state index contributed by atoms with van der Waals surface area (Å²) in [5.41, 5.74) is 3.68. The van der Waals surface area contributed by atoms with E-state index in [1.54, 1.807) is 24.3 Å². The van der Waals surface area contributed by atoms with Crippen LogP contribution in [0.15, 0.2) is 63.8 Å². The molecule has 3 aromatic rings. The highest BCUT2D eigenvalue weighted by atomic mass is 79.9. The molecule has 12 heteroatoms. The lowest BCUT2D eigenvalue weighted by molar-refractivity contribution is -0.118. The van der Waals surface area contributed by atoms with Gasteiger partial charge in [-0.1, -0.05) is 41.0 Å². The minimum absolute atomic E-state index is 0.0240. The molecule has 0 bridgehead atoms. The highest BCUT2D eigenvalue weighted by Gasteiger charge is 2.13. The van der Waals surface area contributed by atoms with Crippen molar-refractivity contribution in [1.29, 1.82) is 0 Å². The average Bonchev–Trinajstić information content (AvgIpc) is 3.17. The van der Waals surface area contributed by atoms with Gasteiger partial charge in [-0.25, -0.2) is 5.43 Å². The number of aromatic nitrogens is 3. The zero-order valence-electron chi connectivity index (χ0n) is 17.1. The van der Waals surface area contributed by atoms with Gasteiger partial charge in [0.15, 0.2) is 11.0 Å². The van der Waals surface area contributed by atoms with Gasteiger partial charge in [0.25, 0.3) is 5.91 Å². The Morgan fingerprint density at radius 3 is 2.73 bits per heavy atom. The predicted octanol–water partition coefficient (Wildman–Crippen LogP) is 5.09. The van der Waals surface area contributed by atoms with Gasteiger partial charge in [0.05, 0.1) is 23.0 Å². The molecule has 0 fully saturated rings. The number of phenols is 1. The molecule has 0 saturated heterocycles. The number of carbonyl (C=O) groups is 1. The number of rotatable bonds is 10. The highest BCUT2D eigenvalue weighted by molar-refractivity contribution is 9.10. The van der Waals surface area contributed by atoms with Gasteiger partial charge in [-0.2, -0.15) is 5.10 Å². The Balaban J connectivity index is 1.57. The fourth-order valence-corrected chi connectivity index (χ4v) is 4.36. The van der Waals surface area contributed by atoms with Crippen LogP contribution in [0.4, 0.5) is 5.69 Å².